The lowest BCUT2D eigenvalue weighted by molar-refractivity contribution is 0.496. The van der Waals surface area contributed by atoms with E-state index in [2.05, 4.69) is 0 Å². The molecule has 0 saturated heterocycles. The second-order valence-electron chi connectivity index (χ2n) is 4.47. The number of anilines is 1. The van der Waals surface area contributed by atoms with Gasteiger partial charge in [0.1, 0.15) is 0 Å². The molecule has 1 heterocycles. The maximum absolute atomic E-state index is 13.7. The standard InChI is InChI=1S/C15H12F2N2/c16-13-3-1-2-11(15(13)17)9-19-7-6-10-4-5-12(18)8-14(10)19/h1-8H,9,18H2. The minimum absolute atomic E-state index is 0.274. The third-order valence-electron chi connectivity index (χ3n) is 3.17. The Labute approximate surface area is 109 Å². The SMILES string of the molecule is Nc1ccc2ccn(Cc3cccc(F)c3F)c2c1. The van der Waals surface area contributed by atoms with Gasteiger partial charge in [0, 0.05) is 17.4 Å². The first-order valence-corrected chi connectivity index (χ1v) is 5.92. The fraction of sp³-hybridized carbons (Fsp3) is 0.0667. The third kappa shape index (κ3) is 2.05. The maximum Gasteiger partial charge on any atom is 0.163 e. The first-order valence-electron chi connectivity index (χ1n) is 5.92. The van der Waals surface area contributed by atoms with E-state index >= 15 is 0 Å². The monoisotopic (exact) mass is 258 g/mol. The molecule has 2 N–H and O–H groups in total. The van der Waals surface area contributed by atoms with Crippen molar-refractivity contribution in [3.05, 3.63) is 65.9 Å². The molecule has 0 radical (unpaired) electrons. The van der Waals surface area contributed by atoms with Crippen LogP contribution in [-0.4, -0.2) is 4.57 Å². The average molecular weight is 258 g/mol. The number of nitrogen functional groups attached to an aromatic ring is 1. The third-order valence-corrected chi connectivity index (χ3v) is 3.17. The normalized spacial score (nSPS) is 11.1. The molecule has 0 aliphatic carbocycles. The molecule has 0 spiro atoms. The second kappa shape index (κ2) is 4.39. The van der Waals surface area contributed by atoms with Crippen LogP contribution in [0.2, 0.25) is 0 Å². The number of nitrogens with zero attached hydrogens (tertiary/aromatic N) is 1. The van der Waals surface area contributed by atoms with Crippen molar-refractivity contribution in [3.63, 3.8) is 0 Å². The average Bonchev–Trinajstić information content (AvgIpc) is 2.78. The van der Waals surface area contributed by atoms with Crippen LogP contribution in [0.5, 0.6) is 0 Å². The highest BCUT2D eigenvalue weighted by Gasteiger charge is 2.09. The van der Waals surface area contributed by atoms with Gasteiger partial charge in [-0.3, -0.25) is 0 Å². The zero-order chi connectivity index (χ0) is 13.4. The van der Waals surface area contributed by atoms with E-state index in [0.29, 0.717) is 11.3 Å². The molecule has 0 atom stereocenters. The Morgan fingerprint density at radius 1 is 1.05 bits per heavy atom. The summed E-state index contributed by atoms with van der Waals surface area (Å²) < 4.78 is 28.7. The summed E-state index contributed by atoms with van der Waals surface area (Å²) in [5.41, 5.74) is 7.62. The predicted octanol–water partition coefficient (Wildman–Crippen LogP) is 3.55. The van der Waals surface area contributed by atoms with Gasteiger partial charge in [-0.25, -0.2) is 8.78 Å². The van der Waals surface area contributed by atoms with Crippen molar-refractivity contribution >= 4 is 16.6 Å². The van der Waals surface area contributed by atoms with Gasteiger partial charge in [0.05, 0.1) is 12.1 Å². The summed E-state index contributed by atoms with van der Waals surface area (Å²) in [5, 5.41) is 1.02. The minimum Gasteiger partial charge on any atom is -0.399 e. The van der Waals surface area contributed by atoms with E-state index < -0.39 is 11.6 Å². The topological polar surface area (TPSA) is 30.9 Å². The summed E-state index contributed by atoms with van der Waals surface area (Å²) >= 11 is 0. The lowest BCUT2D eigenvalue weighted by Crippen LogP contribution is -2.02. The zero-order valence-electron chi connectivity index (χ0n) is 10.1. The van der Waals surface area contributed by atoms with Crippen molar-refractivity contribution in [1.82, 2.24) is 4.57 Å². The van der Waals surface area contributed by atoms with E-state index in [1.165, 1.54) is 6.07 Å². The smallest absolute Gasteiger partial charge is 0.163 e. The molecule has 96 valence electrons. The quantitative estimate of drug-likeness (QED) is 0.700. The molecule has 4 heteroatoms. The molecule has 0 aliphatic rings. The molecule has 2 nitrogen and oxygen atoms in total. The van der Waals surface area contributed by atoms with Gasteiger partial charge in [-0.2, -0.15) is 0 Å². The molecule has 0 amide bonds. The van der Waals surface area contributed by atoms with Crippen LogP contribution < -0.4 is 5.73 Å². The highest BCUT2D eigenvalue weighted by molar-refractivity contribution is 5.83. The van der Waals surface area contributed by atoms with E-state index in [9.17, 15) is 8.78 Å². The molecule has 3 rings (SSSR count). The Kier molecular flexibility index (Phi) is 2.71. The number of aromatic nitrogens is 1. The number of halogens is 2. The van der Waals surface area contributed by atoms with Gasteiger partial charge in [-0.1, -0.05) is 18.2 Å². The Bertz CT molecular complexity index is 747. The van der Waals surface area contributed by atoms with Gasteiger partial charge >= 0.3 is 0 Å². The molecule has 0 fully saturated rings. The Morgan fingerprint density at radius 2 is 1.89 bits per heavy atom. The van der Waals surface area contributed by atoms with Crippen LogP contribution in [0.25, 0.3) is 10.9 Å². The second-order valence-corrected chi connectivity index (χ2v) is 4.47. The van der Waals surface area contributed by atoms with Gasteiger partial charge in [-0.05, 0) is 29.7 Å². The molecule has 2 aromatic carbocycles. The van der Waals surface area contributed by atoms with Crippen molar-refractivity contribution in [2.24, 2.45) is 0 Å². The van der Waals surface area contributed by atoms with E-state index in [4.69, 9.17) is 5.73 Å². The fourth-order valence-electron chi connectivity index (χ4n) is 2.19. The number of rotatable bonds is 2. The molecule has 0 saturated carbocycles. The lowest BCUT2D eigenvalue weighted by Gasteiger charge is -2.07. The predicted molar refractivity (Wildman–Crippen MR) is 71.8 cm³/mol. The van der Waals surface area contributed by atoms with Crippen LogP contribution in [0.15, 0.2) is 48.7 Å². The molecule has 19 heavy (non-hydrogen) atoms. The number of hydrogen-bond acceptors (Lipinski definition) is 1. The van der Waals surface area contributed by atoms with Crippen LogP contribution in [0.4, 0.5) is 14.5 Å². The Balaban J connectivity index is 2.06. The summed E-state index contributed by atoms with van der Waals surface area (Å²) in [7, 11) is 0. The number of nitrogens with two attached hydrogens (primary N) is 1. The van der Waals surface area contributed by atoms with Gasteiger partial charge in [0.25, 0.3) is 0 Å². The highest BCUT2D eigenvalue weighted by atomic mass is 19.2. The first kappa shape index (κ1) is 11.7. The van der Waals surface area contributed by atoms with E-state index in [-0.39, 0.29) is 6.54 Å². The van der Waals surface area contributed by atoms with Crippen molar-refractivity contribution in [1.29, 1.82) is 0 Å². The van der Waals surface area contributed by atoms with Crippen LogP contribution in [-0.2, 0) is 6.54 Å². The number of hydrogen-bond donors (Lipinski definition) is 1. The summed E-state index contributed by atoms with van der Waals surface area (Å²) in [5.74, 6) is -1.62. The minimum atomic E-state index is -0.825. The summed E-state index contributed by atoms with van der Waals surface area (Å²) in [6, 6.07) is 11.7. The molecule has 3 aromatic rings. The van der Waals surface area contributed by atoms with Gasteiger partial charge in [0.2, 0.25) is 0 Å². The van der Waals surface area contributed by atoms with Crippen LogP contribution >= 0.6 is 0 Å². The zero-order valence-corrected chi connectivity index (χ0v) is 10.1. The van der Waals surface area contributed by atoms with Gasteiger partial charge in [0.15, 0.2) is 11.6 Å². The van der Waals surface area contributed by atoms with Crippen molar-refractivity contribution in [3.8, 4) is 0 Å². The molecule has 0 unspecified atom stereocenters. The van der Waals surface area contributed by atoms with Crippen LogP contribution in [0.1, 0.15) is 5.56 Å². The first-order chi connectivity index (χ1) is 9.15. The summed E-state index contributed by atoms with van der Waals surface area (Å²) in [4.78, 5) is 0. The lowest BCUT2D eigenvalue weighted by atomic mass is 10.2. The van der Waals surface area contributed by atoms with Crippen LogP contribution in [0, 0.1) is 11.6 Å². The van der Waals surface area contributed by atoms with Gasteiger partial charge in [-0.15, -0.1) is 0 Å². The van der Waals surface area contributed by atoms with Crippen LogP contribution in [0.3, 0.4) is 0 Å². The number of benzene rings is 2. The fourth-order valence-corrected chi connectivity index (χ4v) is 2.19. The summed E-state index contributed by atoms with van der Waals surface area (Å²) in [6.07, 6.45) is 1.84. The molecule has 0 bridgehead atoms. The highest BCUT2D eigenvalue weighted by Crippen LogP contribution is 2.21. The van der Waals surface area contributed by atoms with Crippen molar-refractivity contribution < 1.29 is 8.78 Å². The summed E-state index contributed by atoms with van der Waals surface area (Å²) in [6.45, 7) is 0.274. The molecular formula is C15H12F2N2. The van der Waals surface area contributed by atoms with Crippen molar-refractivity contribution in [2.45, 2.75) is 6.54 Å². The number of fused-ring (bicyclic) bond motifs is 1. The van der Waals surface area contributed by atoms with E-state index in [1.54, 1.807) is 6.07 Å². The van der Waals surface area contributed by atoms with Crippen molar-refractivity contribution in [2.75, 3.05) is 5.73 Å². The maximum atomic E-state index is 13.7. The van der Waals surface area contributed by atoms with Gasteiger partial charge < -0.3 is 10.3 Å². The largest absolute Gasteiger partial charge is 0.399 e. The molecule has 0 aliphatic heterocycles. The Morgan fingerprint density at radius 3 is 2.74 bits per heavy atom. The van der Waals surface area contributed by atoms with E-state index in [1.807, 2.05) is 35.0 Å². The van der Waals surface area contributed by atoms with E-state index in [0.717, 1.165) is 17.0 Å². The molecular weight excluding hydrogens is 246 g/mol. The molecule has 1 aromatic heterocycles. The Hall–Kier alpha value is -2.36.